The highest BCUT2D eigenvalue weighted by atomic mass is 14.5. The van der Waals surface area contributed by atoms with E-state index >= 15 is 0 Å². The molecule has 0 saturated heterocycles. The van der Waals surface area contributed by atoms with Gasteiger partial charge in [-0.25, -0.2) is 0 Å². The molecule has 0 heterocycles. The molecule has 0 spiro atoms. The summed E-state index contributed by atoms with van der Waals surface area (Å²) in [7, 11) is 0. The van der Waals surface area contributed by atoms with Crippen LogP contribution in [0.15, 0.2) is 0 Å². The molecule has 1 rings (SSSR count). The van der Waals surface area contributed by atoms with E-state index < -0.39 is 0 Å². The summed E-state index contributed by atoms with van der Waals surface area (Å²) in [4.78, 5) is 0. The van der Waals surface area contributed by atoms with E-state index in [2.05, 4.69) is 62.3 Å². The number of rotatable bonds is 3. The molecular weight excluding hydrogens is 228 g/mol. The summed E-state index contributed by atoms with van der Waals surface area (Å²) in [5, 5.41) is 0. The second-order valence-electron chi connectivity index (χ2n) is 10.3. The van der Waals surface area contributed by atoms with E-state index in [1.807, 2.05) is 0 Å². The van der Waals surface area contributed by atoms with E-state index in [1.165, 1.54) is 32.1 Å². The molecule has 0 N–H and O–H groups in total. The van der Waals surface area contributed by atoms with Crippen LogP contribution >= 0.6 is 0 Å². The van der Waals surface area contributed by atoms with Crippen LogP contribution in [-0.4, -0.2) is 0 Å². The molecule has 0 aliphatic heterocycles. The van der Waals surface area contributed by atoms with Crippen LogP contribution in [0.4, 0.5) is 0 Å². The average molecular weight is 267 g/mol. The molecule has 2 atom stereocenters. The Hall–Kier alpha value is 0. The van der Waals surface area contributed by atoms with Crippen molar-refractivity contribution in [3.63, 3.8) is 0 Å². The van der Waals surface area contributed by atoms with Gasteiger partial charge in [0.05, 0.1) is 0 Å². The average Bonchev–Trinajstić information content (AvgIpc) is 2.11. The zero-order chi connectivity index (χ0) is 15.1. The van der Waals surface area contributed by atoms with Gasteiger partial charge in [-0.3, -0.25) is 0 Å². The van der Waals surface area contributed by atoms with Crippen molar-refractivity contribution in [2.24, 2.45) is 27.6 Å². The van der Waals surface area contributed by atoms with E-state index in [0.29, 0.717) is 21.7 Å². The van der Waals surface area contributed by atoms with Crippen molar-refractivity contribution in [2.45, 2.75) is 94.4 Å². The summed E-state index contributed by atoms with van der Waals surface area (Å²) in [6.45, 7) is 22.1. The molecule has 0 aromatic carbocycles. The van der Waals surface area contributed by atoms with E-state index in [4.69, 9.17) is 0 Å². The second-order valence-corrected chi connectivity index (χ2v) is 10.3. The van der Waals surface area contributed by atoms with Crippen LogP contribution in [0.25, 0.3) is 0 Å². The van der Waals surface area contributed by atoms with Crippen molar-refractivity contribution in [2.75, 3.05) is 0 Å². The monoisotopic (exact) mass is 266 g/mol. The Morgan fingerprint density at radius 3 is 1.89 bits per heavy atom. The smallest absolute Gasteiger partial charge is 0.0313 e. The van der Waals surface area contributed by atoms with Gasteiger partial charge in [-0.15, -0.1) is 0 Å². The standard InChI is InChI=1S/C19H38/c1-10-17(5,6)13-19(9)12-15(16(2,3)4)11-18(7,8)14-19/h15H,10-14H2,1-9H3. The van der Waals surface area contributed by atoms with Crippen LogP contribution in [-0.2, 0) is 0 Å². The highest BCUT2D eigenvalue weighted by molar-refractivity contribution is 4.96. The fourth-order valence-corrected chi connectivity index (χ4v) is 4.66. The highest BCUT2D eigenvalue weighted by Crippen LogP contribution is 2.56. The van der Waals surface area contributed by atoms with Gasteiger partial charge in [0.2, 0.25) is 0 Å². The molecule has 1 fully saturated rings. The quantitative estimate of drug-likeness (QED) is 0.533. The summed E-state index contributed by atoms with van der Waals surface area (Å²) in [5.74, 6) is 0.869. The zero-order valence-corrected chi connectivity index (χ0v) is 15.1. The predicted octanol–water partition coefficient (Wildman–Crippen LogP) is 6.69. The number of hydrogen-bond acceptors (Lipinski definition) is 0. The molecule has 1 aliphatic carbocycles. The van der Waals surface area contributed by atoms with Crippen molar-refractivity contribution in [1.82, 2.24) is 0 Å². The Morgan fingerprint density at radius 2 is 1.47 bits per heavy atom. The van der Waals surface area contributed by atoms with Gasteiger partial charge in [-0.1, -0.05) is 68.7 Å². The van der Waals surface area contributed by atoms with Crippen LogP contribution < -0.4 is 0 Å². The normalized spacial score (nSPS) is 32.4. The Bertz CT molecular complexity index is 302. The Morgan fingerprint density at radius 1 is 0.947 bits per heavy atom. The first-order valence-corrected chi connectivity index (χ1v) is 8.29. The first-order valence-electron chi connectivity index (χ1n) is 8.29. The summed E-state index contributed by atoms with van der Waals surface area (Å²) in [6.07, 6.45) is 6.90. The third kappa shape index (κ3) is 4.80. The molecule has 0 aromatic heterocycles. The van der Waals surface area contributed by atoms with E-state index in [9.17, 15) is 0 Å². The molecule has 2 unspecified atom stereocenters. The van der Waals surface area contributed by atoms with Crippen molar-refractivity contribution >= 4 is 0 Å². The van der Waals surface area contributed by atoms with Crippen molar-refractivity contribution < 1.29 is 0 Å². The Labute approximate surface area is 122 Å². The molecule has 19 heavy (non-hydrogen) atoms. The minimum Gasteiger partial charge on any atom is -0.0649 e. The number of hydrogen-bond donors (Lipinski definition) is 0. The molecule has 0 radical (unpaired) electrons. The minimum atomic E-state index is 0.454. The molecule has 0 nitrogen and oxygen atoms in total. The lowest BCUT2D eigenvalue weighted by molar-refractivity contribution is -0.0176. The van der Waals surface area contributed by atoms with E-state index in [0.717, 1.165) is 5.92 Å². The molecule has 0 heteroatoms. The molecule has 0 amide bonds. The fourth-order valence-electron chi connectivity index (χ4n) is 4.66. The molecule has 1 saturated carbocycles. The SMILES string of the molecule is CCC(C)(C)CC1(C)CC(C(C)(C)C)CC(C)(C)C1. The summed E-state index contributed by atoms with van der Waals surface area (Å²) in [5.41, 5.74) is 1.98. The van der Waals surface area contributed by atoms with E-state index in [-0.39, 0.29) is 0 Å². The van der Waals surface area contributed by atoms with Gasteiger partial charge in [0.1, 0.15) is 0 Å². The van der Waals surface area contributed by atoms with Crippen LogP contribution in [0.1, 0.15) is 94.4 Å². The van der Waals surface area contributed by atoms with Gasteiger partial charge in [-0.2, -0.15) is 0 Å². The maximum Gasteiger partial charge on any atom is -0.0313 e. The van der Waals surface area contributed by atoms with Crippen molar-refractivity contribution in [3.8, 4) is 0 Å². The maximum atomic E-state index is 2.56. The molecule has 114 valence electrons. The van der Waals surface area contributed by atoms with Gasteiger partial charge in [-0.05, 0) is 53.3 Å². The second kappa shape index (κ2) is 5.08. The molecule has 1 aliphatic rings. The Balaban J connectivity index is 2.94. The van der Waals surface area contributed by atoms with Crippen LogP contribution in [0.2, 0.25) is 0 Å². The summed E-state index contributed by atoms with van der Waals surface area (Å²) < 4.78 is 0. The van der Waals surface area contributed by atoms with Gasteiger partial charge in [0, 0.05) is 0 Å². The van der Waals surface area contributed by atoms with Crippen molar-refractivity contribution in [3.05, 3.63) is 0 Å². The van der Waals surface area contributed by atoms with E-state index in [1.54, 1.807) is 0 Å². The first kappa shape index (κ1) is 17.1. The maximum absolute atomic E-state index is 2.56. The topological polar surface area (TPSA) is 0 Å². The Kier molecular flexibility index (Phi) is 4.56. The lowest BCUT2D eigenvalue weighted by atomic mass is 9.53. The lowest BCUT2D eigenvalue weighted by Crippen LogP contribution is -2.42. The fraction of sp³-hybridized carbons (Fsp3) is 1.00. The summed E-state index contributed by atoms with van der Waals surface area (Å²) >= 11 is 0. The van der Waals surface area contributed by atoms with Crippen LogP contribution in [0.3, 0.4) is 0 Å². The van der Waals surface area contributed by atoms with Gasteiger partial charge >= 0.3 is 0 Å². The largest absolute Gasteiger partial charge is 0.0649 e. The third-order valence-electron chi connectivity index (χ3n) is 5.53. The first-order chi connectivity index (χ1) is 8.29. The lowest BCUT2D eigenvalue weighted by Gasteiger charge is -2.52. The van der Waals surface area contributed by atoms with Gasteiger partial charge in [0.25, 0.3) is 0 Å². The van der Waals surface area contributed by atoms with Crippen molar-refractivity contribution in [1.29, 1.82) is 0 Å². The minimum absolute atomic E-state index is 0.454. The molecule has 0 bridgehead atoms. The van der Waals surface area contributed by atoms with Crippen LogP contribution in [0.5, 0.6) is 0 Å². The van der Waals surface area contributed by atoms with Crippen LogP contribution in [0, 0.1) is 27.6 Å². The highest BCUT2D eigenvalue weighted by Gasteiger charge is 2.46. The van der Waals surface area contributed by atoms with Gasteiger partial charge < -0.3 is 0 Å². The zero-order valence-electron chi connectivity index (χ0n) is 15.1. The third-order valence-corrected chi connectivity index (χ3v) is 5.53. The van der Waals surface area contributed by atoms with Gasteiger partial charge in [0.15, 0.2) is 0 Å². The predicted molar refractivity (Wildman–Crippen MR) is 87.4 cm³/mol. The summed E-state index contributed by atoms with van der Waals surface area (Å²) in [6, 6.07) is 0. The molecule has 0 aromatic rings. The molecular formula is C19H38.